The normalized spacial score (nSPS) is 20.2. The lowest BCUT2D eigenvalue weighted by molar-refractivity contribution is 0.236. The van der Waals surface area contributed by atoms with Gasteiger partial charge in [-0.1, -0.05) is 5.16 Å². The number of nitrogens with zero attached hydrogens (tertiary/aromatic N) is 2. The number of sulfonamides is 1. The van der Waals surface area contributed by atoms with Crippen LogP contribution in [0.2, 0.25) is 0 Å². The Balaban J connectivity index is 2.14. The Morgan fingerprint density at radius 1 is 1.35 bits per heavy atom. The van der Waals surface area contributed by atoms with Crippen LogP contribution in [0.5, 0.6) is 0 Å². The summed E-state index contributed by atoms with van der Waals surface area (Å²) in [5.41, 5.74) is 0.438. The van der Waals surface area contributed by atoms with Crippen molar-refractivity contribution < 1.29 is 12.9 Å². The topological polar surface area (TPSA) is 75.4 Å². The van der Waals surface area contributed by atoms with Crippen molar-refractivity contribution in [2.24, 2.45) is 5.92 Å². The van der Waals surface area contributed by atoms with Gasteiger partial charge < -0.3 is 9.84 Å². The van der Waals surface area contributed by atoms with E-state index in [4.69, 9.17) is 4.52 Å². The first kappa shape index (κ1) is 15.5. The number of rotatable bonds is 4. The first-order valence-corrected chi connectivity index (χ1v) is 8.42. The number of aromatic nitrogens is 1. The van der Waals surface area contributed by atoms with Crippen LogP contribution in [0, 0.1) is 19.8 Å². The summed E-state index contributed by atoms with van der Waals surface area (Å²) in [6, 6.07) is 0.416. The van der Waals surface area contributed by atoms with E-state index in [-0.39, 0.29) is 4.90 Å². The SMILES string of the molecule is CNC(C)C1CCN(S(=O)(=O)c2c(C)noc2C)CC1. The van der Waals surface area contributed by atoms with Crippen LogP contribution in [0.4, 0.5) is 0 Å². The van der Waals surface area contributed by atoms with Crippen LogP contribution in [0.15, 0.2) is 9.42 Å². The highest BCUT2D eigenvalue weighted by Crippen LogP contribution is 2.28. The second kappa shape index (κ2) is 5.83. The summed E-state index contributed by atoms with van der Waals surface area (Å²) in [5, 5.41) is 6.98. The Bertz CT molecular complexity index is 540. The van der Waals surface area contributed by atoms with Gasteiger partial charge in [-0.05, 0) is 46.6 Å². The third-order valence-corrected chi connectivity index (χ3v) is 6.37. The lowest BCUT2D eigenvalue weighted by Crippen LogP contribution is -2.43. The molecule has 0 amide bonds. The monoisotopic (exact) mass is 301 g/mol. The summed E-state index contributed by atoms with van der Waals surface area (Å²) < 4.78 is 31.8. The molecule has 1 unspecified atom stereocenters. The van der Waals surface area contributed by atoms with Crippen molar-refractivity contribution >= 4 is 10.0 Å². The summed E-state index contributed by atoms with van der Waals surface area (Å²) in [4.78, 5) is 0.234. The number of nitrogens with one attached hydrogen (secondary N) is 1. The minimum Gasteiger partial charge on any atom is -0.360 e. The lowest BCUT2D eigenvalue weighted by atomic mass is 9.91. The van der Waals surface area contributed by atoms with Gasteiger partial charge in [-0.2, -0.15) is 4.31 Å². The number of piperidine rings is 1. The van der Waals surface area contributed by atoms with Crippen LogP contribution in [-0.4, -0.2) is 44.1 Å². The molecule has 1 aromatic heterocycles. The van der Waals surface area contributed by atoms with Crippen molar-refractivity contribution in [1.29, 1.82) is 0 Å². The van der Waals surface area contributed by atoms with E-state index in [1.165, 1.54) is 0 Å². The molecular formula is C13H23N3O3S. The van der Waals surface area contributed by atoms with Crippen LogP contribution >= 0.6 is 0 Å². The molecule has 0 aliphatic carbocycles. The Labute approximate surface area is 120 Å². The minimum atomic E-state index is -3.48. The van der Waals surface area contributed by atoms with Gasteiger partial charge in [0.2, 0.25) is 10.0 Å². The van der Waals surface area contributed by atoms with Crippen LogP contribution in [0.1, 0.15) is 31.2 Å². The zero-order chi connectivity index (χ0) is 14.9. The first-order chi connectivity index (χ1) is 9.37. The summed E-state index contributed by atoms with van der Waals surface area (Å²) >= 11 is 0. The molecule has 7 heteroatoms. The highest BCUT2D eigenvalue weighted by molar-refractivity contribution is 7.89. The molecule has 20 heavy (non-hydrogen) atoms. The molecule has 1 fully saturated rings. The smallest absolute Gasteiger partial charge is 0.248 e. The van der Waals surface area contributed by atoms with Gasteiger partial charge in [-0.25, -0.2) is 8.42 Å². The fourth-order valence-corrected chi connectivity index (χ4v) is 4.58. The zero-order valence-corrected chi connectivity index (χ0v) is 13.3. The number of aryl methyl sites for hydroxylation is 2. The maximum absolute atomic E-state index is 12.6. The highest BCUT2D eigenvalue weighted by Gasteiger charge is 2.34. The molecule has 1 saturated heterocycles. The number of hydrogen-bond acceptors (Lipinski definition) is 5. The predicted molar refractivity (Wildman–Crippen MR) is 76.0 cm³/mol. The Morgan fingerprint density at radius 3 is 2.40 bits per heavy atom. The largest absolute Gasteiger partial charge is 0.360 e. The second-order valence-electron chi connectivity index (χ2n) is 5.47. The summed E-state index contributed by atoms with van der Waals surface area (Å²) in [6.07, 6.45) is 1.76. The van der Waals surface area contributed by atoms with E-state index in [9.17, 15) is 8.42 Å². The molecule has 1 aromatic rings. The molecule has 2 rings (SSSR count). The van der Waals surface area contributed by atoms with Crippen LogP contribution in [-0.2, 0) is 10.0 Å². The Kier molecular flexibility index (Phi) is 4.51. The van der Waals surface area contributed by atoms with E-state index in [2.05, 4.69) is 17.4 Å². The highest BCUT2D eigenvalue weighted by atomic mass is 32.2. The van der Waals surface area contributed by atoms with Crippen molar-refractivity contribution in [3.63, 3.8) is 0 Å². The van der Waals surface area contributed by atoms with Gasteiger partial charge in [0.05, 0.1) is 0 Å². The summed E-state index contributed by atoms with van der Waals surface area (Å²) in [6.45, 7) is 6.57. The third kappa shape index (κ3) is 2.75. The molecule has 1 aliphatic rings. The zero-order valence-electron chi connectivity index (χ0n) is 12.5. The van der Waals surface area contributed by atoms with E-state index in [1.807, 2.05) is 7.05 Å². The summed E-state index contributed by atoms with van der Waals surface area (Å²) in [7, 11) is -1.54. The molecule has 1 N–H and O–H groups in total. The standard InChI is InChI=1S/C13H23N3O3S/c1-9(14-4)12-5-7-16(8-6-12)20(17,18)13-10(2)15-19-11(13)3/h9,12,14H,5-8H2,1-4H3. The van der Waals surface area contributed by atoms with E-state index in [0.29, 0.717) is 36.5 Å². The summed E-state index contributed by atoms with van der Waals surface area (Å²) in [5.74, 6) is 0.893. The van der Waals surface area contributed by atoms with Gasteiger partial charge in [-0.3, -0.25) is 0 Å². The van der Waals surface area contributed by atoms with Crippen molar-refractivity contribution in [3.05, 3.63) is 11.5 Å². The first-order valence-electron chi connectivity index (χ1n) is 6.98. The Hall–Kier alpha value is -0.920. The number of hydrogen-bond donors (Lipinski definition) is 1. The predicted octanol–water partition coefficient (Wildman–Crippen LogP) is 1.30. The third-order valence-electron chi connectivity index (χ3n) is 4.23. The van der Waals surface area contributed by atoms with Crippen LogP contribution in [0.25, 0.3) is 0 Å². The van der Waals surface area contributed by atoms with Gasteiger partial charge in [0, 0.05) is 19.1 Å². The molecular weight excluding hydrogens is 278 g/mol. The van der Waals surface area contributed by atoms with Crippen LogP contribution in [0.3, 0.4) is 0 Å². The molecule has 0 bridgehead atoms. The molecule has 1 aliphatic heterocycles. The van der Waals surface area contributed by atoms with Gasteiger partial charge in [0.25, 0.3) is 0 Å². The minimum absolute atomic E-state index is 0.234. The van der Waals surface area contributed by atoms with Crippen molar-refractivity contribution in [2.75, 3.05) is 20.1 Å². The fraction of sp³-hybridized carbons (Fsp3) is 0.769. The van der Waals surface area contributed by atoms with Crippen molar-refractivity contribution in [2.45, 2.75) is 44.6 Å². The van der Waals surface area contributed by atoms with Crippen molar-refractivity contribution in [3.8, 4) is 0 Å². The average Bonchev–Trinajstić information content (AvgIpc) is 2.78. The molecule has 0 aromatic carbocycles. The van der Waals surface area contributed by atoms with Crippen molar-refractivity contribution in [1.82, 2.24) is 14.8 Å². The quantitative estimate of drug-likeness (QED) is 0.907. The second-order valence-corrected chi connectivity index (χ2v) is 7.35. The van der Waals surface area contributed by atoms with E-state index in [0.717, 1.165) is 12.8 Å². The molecule has 0 spiro atoms. The van der Waals surface area contributed by atoms with E-state index in [1.54, 1.807) is 18.2 Å². The maximum atomic E-state index is 12.6. The average molecular weight is 301 g/mol. The van der Waals surface area contributed by atoms with Crippen LogP contribution < -0.4 is 5.32 Å². The lowest BCUT2D eigenvalue weighted by Gasteiger charge is -2.33. The molecule has 0 radical (unpaired) electrons. The maximum Gasteiger partial charge on any atom is 0.248 e. The van der Waals surface area contributed by atoms with Gasteiger partial charge in [-0.15, -0.1) is 0 Å². The molecule has 1 atom stereocenters. The molecule has 6 nitrogen and oxygen atoms in total. The fourth-order valence-electron chi connectivity index (χ4n) is 2.82. The van der Waals surface area contributed by atoms with Gasteiger partial charge in [0.15, 0.2) is 5.76 Å². The van der Waals surface area contributed by atoms with E-state index >= 15 is 0 Å². The van der Waals surface area contributed by atoms with Gasteiger partial charge in [0.1, 0.15) is 10.6 Å². The molecule has 0 saturated carbocycles. The Morgan fingerprint density at radius 2 is 1.95 bits per heavy atom. The van der Waals surface area contributed by atoms with Gasteiger partial charge >= 0.3 is 0 Å². The molecule has 2 heterocycles. The molecule has 114 valence electrons. The van der Waals surface area contributed by atoms with E-state index < -0.39 is 10.0 Å².